The Balaban J connectivity index is 1.53. The van der Waals surface area contributed by atoms with E-state index in [0.717, 1.165) is 41.9 Å². The molecule has 0 saturated carbocycles. The zero-order valence-electron chi connectivity index (χ0n) is 15.7. The van der Waals surface area contributed by atoms with Gasteiger partial charge in [-0.2, -0.15) is 0 Å². The van der Waals surface area contributed by atoms with Gasteiger partial charge in [0.2, 0.25) is 0 Å². The molecule has 1 atom stereocenters. The number of carbonyl (C=O) groups is 1. The van der Waals surface area contributed by atoms with Crippen LogP contribution in [0.25, 0.3) is 11.3 Å². The van der Waals surface area contributed by atoms with Gasteiger partial charge in [-0.25, -0.2) is 0 Å². The van der Waals surface area contributed by atoms with Crippen molar-refractivity contribution in [2.45, 2.75) is 25.4 Å². The molecule has 1 aliphatic heterocycles. The lowest BCUT2D eigenvalue weighted by Gasteiger charge is -2.32. The lowest BCUT2D eigenvalue weighted by atomic mass is 9.93. The summed E-state index contributed by atoms with van der Waals surface area (Å²) in [6, 6.07) is 17.5. The number of likely N-dealkylation sites (tertiary alicyclic amines) is 1. The Bertz CT molecular complexity index is 942. The van der Waals surface area contributed by atoms with E-state index in [4.69, 9.17) is 4.98 Å². The molecule has 4 rings (SSSR count). The molecule has 0 spiro atoms. The molecule has 142 valence electrons. The number of carbonyl (C=O) groups excluding carboxylic acids is 1. The average molecular weight is 373 g/mol. The fraction of sp³-hybridized carbons (Fsp3) is 0.261. The first-order chi connectivity index (χ1) is 13.7. The summed E-state index contributed by atoms with van der Waals surface area (Å²) in [5.41, 5.74) is 4.48. The van der Waals surface area contributed by atoms with E-state index < -0.39 is 0 Å². The van der Waals surface area contributed by atoms with Gasteiger partial charge in [0.25, 0.3) is 5.91 Å². The van der Waals surface area contributed by atoms with Crippen LogP contribution in [0.15, 0.2) is 67.0 Å². The van der Waals surface area contributed by atoms with Gasteiger partial charge in [0.15, 0.2) is 0 Å². The van der Waals surface area contributed by atoms with E-state index in [1.807, 2.05) is 53.4 Å². The fourth-order valence-electron chi connectivity index (χ4n) is 3.70. The van der Waals surface area contributed by atoms with Gasteiger partial charge in [-0.1, -0.05) is 30.3 Å². The van der Waals surface area contributed by atoms with Crippen molar-refractivity contribution in [3.05, 3.63) is 83.8 Å². The minimum Gasteiger partial charge on any atom is -0.392 e. The highest BCUT2D eigenvalue weighted by Crippen LogP contribution is 2.28. The number of benzene rings is 1. The second-order valence-electron chi connectivity index (χ2n) is 7.13. The van der Waals surface area contributed by atoms with Crippen molar-refractivity contribution in [1.82, 2.24) is 14.9 Å². The van der Waals surface area contributed by atoms with Crippen molar-refractivity contribution < 1.29 is 9.90 Å². The van der Waals surface area contributed by atoms with Gasteiger partial charge in [0.1, 0.15) is 0 Å². The predicted octanol–water partition coefficient (Wildman–Crippen LogP) is 3.66. The van der Waals surface area contributed by atoms with E-state index in [0.29, 0.717) is 12.1 Å². The van der Waals surface area contributed by atoms with Crippen LogP contribution in [0, 0.1) is 0 Å². The molecule has 3 aromatic rings. The molecule has 28 heavy (non-hydrogen) atoms. The number of nitrogens with zero attached hydrogens (tertiary/aromatic N) is 3. The topological polar surface area (TPSA) is 66.3 Å². The molecule has 3 heterocycles. The second-order valence-corrected chi connectivity index (χ2v) is 7.13. The smallest absolute Gasteiger partial charge is 0.255 e. The molecule has 2 aromatic heterocycles. The first-order valence-corrected chi connectivity index (χ1v) is 9.61. The molecule has 5 nitrogen and oxygen atoms in total. The van der Waals surface area contributed by atoms with Crippen LogP contribution >= 0.6 is 0 Å². The third-order valence-corrected chi connectivity index (χ3v) is 5.24. The van der Waals surface area contributed by atoms with E-state index in [-0.39, 0.29) is 18.4 Å². The number of aromatic nitrogens is 2. The number of aliphatic hydroxyl groups is 1. The third kappa shape index (κ3) is 3.94. The molecule has 1 aliphatic rings. The monoisotopic (exact) mass is 373 g/mol. The summed E-state index contributed by atoms with van der Waals surface area (Å²) in [6.07, 6.45) is 5.30. The maximum atomic E-state index is 12.8. The van der Waals surface area contributed by atoms with E-state index in [1.54, 1.807) is 18.5 Å². The summed E-state index contributed by atoms with van der Waals surface area (Å²) < 4.78 is 0. The SMILES string of the molecule is O=C(c1cccnc1)N1CCCC(c2cccc(-c3ccc(CO)cc3)n2)C1. The van der Waals surface area contributed by atoms with Crippen LogP contribution in [0.3, 0.4) is 0 Å². The lowest BCUT2D eigenvalue weighted by molar-refractivity contribution is 0.0705. The second kappa shape index (κ2) is 8.31. The van der Waals surface area contributed by atoms with Crippen molar-refractivity contribution in [2.24, 2.45) is 0 Å². The Hall–Kier alpha value is -3.05. The summed E-state index contributed by atoms with van der Waals surface area (Å²) in [7, 11) is 0. The molecule has 1 amide bonds. The fourth-order valence-corrected chi connectivity index (χ4v) is 3.70. The number of hydrogen-bond acceptors (Lipinski definition) is 4. The van der Waals surface area contributed by atoms with Crippen molar-refractivity contribution >= 4 is 5.91 Å². The van der Waals surface area contributed by atoms with Crippen LogP contribution in [-0.4, -0.2) is 39.0 Å². The maximum absolute atomic E-state index is 12.8. The van der Waals surface area contributed by atoms with Crippen molar-refractivity contribution in [3.8, 4) is 11.3 Å². The number of aliphatic hydroxyl groups excluding tert-OH is 1. The predicted molar refractivity (Wildman–Crippen MR) is 108 cm³/mol. The lowest BCUT2D eigenvalue weighted by Crippen LogP contribution is -2.39. The Morgan fingerprint density at radius 1 is 1.11 bits per heavy atom. The minimum atomic E-state index is 0.0357. The largest absolute Gasteiger partial charge is 0.392 e. The molecular weight excluding hydrogens is 350 g/mol. The molecule has 5 heteroatoms. The molecule has 1 aromatic carbocycles. The first kappa shape index (κ1) is 18.3. The van der Waals surface area contributed by atoms with E-state index in [9.17, 15) is 9.90 Å². The van der Waals surface area contributed by atoms with Crippen LogP contribution < -0.4 is 0 Å². The number of pyridine rings is 2. The van der Waals surface area contributed by atoms with Crippen molar-refractivity contribution in [2.75, 3.05) is 13.1 Å². The van der Waals surface area contributed by atoms with Gasteiger partial charge in [-0.05, 0) is 42.7 Å². The van der Waals surface area contributed by atoms with E-state index >= 15 is 0 Å². The highest BCUT2D eigenvalue weighted by molar-refractivity contribution is 5.94. The normalized spacial score (nSPS) is 16.8. The van der Waals surface area contributed by atoms with Crippen LogP contribution in [0.2, 0.25) is 0 Å². The van der Waals surface area contributed by atoms with Crippen LogP contribution in [0.1, 0.15) is 40.4 Å². The minimum absolute atomic E-state index is 0.0357. The summed E-state index contributed by atoms with van der Waals surface area (Å²) >= 11 is 0. The number of hydrogen-bond donors (Lipinski definition) is 1. The van der Waals surface area contributed by atoms with Gasteiger partial charge in [-0.15, -0.1) is 0 Å². The molecule has 1 unspecified atom stereocenters. The molecule has 0 aliphatic carbocycles. The maximum Gasteiger partial charge on any atom is 0.255 e. The van der Waals surface area contributed by atoms with Gasteiger partial charge in [0.05, 0.1) is 17.9 Å². The highest BCUT2D eigenvalue weighted by Gasteiger charge is 2.26. The molecule has 0 bridgehead atoms. The molecule has 1 fully saturated rings. The summed E-state index contributed by atoms with van der Waals surface area (Å²) in [4.78, 5) is 23.6. The molecule has 1 saturated heterocycles. The number of rotatable bonds is 4. The average Bonchev–Trinajstić information content (AvgIpc) is 2.79. The van der Waals surface area contributed by atoms with Crippen LogP contribution in [0.4, 0.5) is 0 Å². The van der Waals surface area contributed by atoms with Gasteiger partial charge in [0, 0.05) is 42.7 Å². The zero-order chi connectivity index (χ0) is 19.3. The Kier molecular flexibility index (Phi) is 5.44. The molecule has 1 N–H and O–H groups in total. The zero-order valence-corrected chi connectivity index (χ0v) is 15.7. The quantitative estimate of drug-likeness (QED) is 0.758. The summed E-state index contributed by atoms with van der Waals surface area (Å²) in [5.74, 6) is 0.264. The van der Waals surface area contributed by atoms with Crippen LogP contribution in [0.5, 0.6) is 0 Å². The van der Waals surface area contributed by atoms with Crippen molar-refractivity contribution in [3.63, 3.8) is 0 Å². The highest BCUT2D eigenvalue weighted by atomic mass is 16.3. The Morgan fingerprint density at radius 2 is 1.96 bits per heavy atom. The number of piperidine rings is 1. The van der Waals surface area contributed by atoms with Gasteiger partial charge >= 0.3 is 0 Å². The third-order valence-electron chi connectivity index (χ3n) is 5.24. The van der Waals surface area contributed by atoms with E-state index in [1.165, 1.54) is 0 Å². The Labute approximate surface area is 164 Å². The van der Waals surface area contributed by atoms with Crippen molar-refractivity contribution in [1.29, 1.82) is 0 Å². The summed E-state index contributed by atoms with van der Waals surface area (Å²) in [6.45, 7) is 1.48. The standard InChI is InChI=1S/C23H23N3O2/c27-16-17-8-10-18(11-9-17)21-6-1-7-22(25-21)20-5-3-13-26(15-20)23(28)19-4-2-12-24-14-19/h1-2,4,6-12,14,20,27H,3,5,13,15-16H2. The summed E-state index contributed by atoms with van der Waals surface area (Å²) in [5, 5.41) is 9.21. The first-order valence-electron chi connectivity index (χ1n) is 9.61. The van der Waals surface area contributed by atoms with Gasteiger partial charge < -0.3 is 10.0 Å². The molecule has 0 radical (unpaired) electrons. The van der Waals surface area contributed by atoms with E-state index in [2.05, 4.69) is 4.98 Å². The number of amides is 1. The Morgan fingerprint density at radius 3 is 2.71 bits per heavy atom. The molecular formula is C23H23N3O2. The van der Waals surface area contributed by atoms with Gasteiger partial charge in [-0.3, -0.25) is 14.8 Å². The van der Waals surface area contributed by atoms with Crippen LogP contribution in [-0.2, 0) is 6.61 Å².